The molecule has 1 N–H and O–H groups in total. The zero-order valence-electron chi connectivity index (χ0n) is 15.1. The van der Waals surface area contributed by atoms with Crippen LogP contribution in [-0.2, 0) is 0 Å². The van der Waals surface area contributed by atoms with Gasteiger partial charge >= 0.3 is 0 Å². The zero-order chi connectivity index (χ0) is 19.5. The van der Waals surface area contributed by atoms with Gasteiger partial charge in [0.25, 0.3) is 5.91 Å². The molecular weight excluding hydrogens is 380 g/mol. The summed E-state index contributed by atoms with van der Waals surface area (Å²) < 4.78 is 12.6. The standard InChI is InChI=1S/C20H17ClN4O3/c1-13-16(19(21)25(24-13)15-5-3-2-4-6-15)12-22-23-20(26)14-7-8-17-18(11-14)28-10-9-27-17/h2-8,11-12H,9-10H2,1H3,(H,23,26)/b22-12+. The normalized spacial score (nSPS) is 12.9. The summed E-state index contributed by atoms with van der Waals surface area (Å²) in [5.74, 6) is 0.811. The minimum absolute atomic E-state index is 0.363. The number of aromatic nitrogens is 2. The van der Waals surface area contributed by atoms with Crippen molar-refractivity contribution >= 4 is 23.7 Å². The number of halogens is 1. The van der Waals surface area contributed by atoms with E-state index in [1.807, 2.05) is 37.3 Å². The molecule has 2 aromatic carbocycles. The predicted octanol–water partition coefficient (Wildman–Crippen LogP) is 3.37. The van der Waals surface area contributed by atoms with Crippen molar-refractivity contribution in [2.24, 2.45) is 5.10 Å². The van der Waals surface area contributed by atoms with Crippen LogP contribution in [0, 0.1) is 6.92 Å². The second-order valence-corrected chi connectivity index (χ2v) is 6.45. The largest absolute Gasteiger partial charge is 0.486 e. The summed E-state index contributed by atoms with van der Waals surface area (Å²) >= 11 is 6.44. The Morgan fingerprint density at radius 3 is 2.71 bits per heavy atom. The number of aryl methyl sites for hydroxylation is 1. The van der Waals surface area contributed by atoms with Crippen molar-refractivity contribution in [1.82, 2.24) is 15.2 Å². The maximum atomic E-state index is 12.3. The molecular formula is C20H17ClN4O3. The summed E-state index contributed by atoms with van der Waals surface area (Å²) in [6.07, 6.45) is 1.49. The van der Waals surface area contributed by atoms with Gasteiger partial charge in [-0.05, 0) is 37.3 Å². The van der Waals surface area contributed by atoms with Crippen LogP contribution < -0.4 is 14.9 Å². The highest BCUT2D eigenvalue weighted by molar-refractivity contribution is 6.32. The van der Waals surface area contributed by atoms with E-state index in [1.165, 1.54) is 6.21 Å². The van der Waals surface area contributed by atoms with E-state index in [4.69, 9.17) is 21.1 Å². The molecule has 0 unspecified atom stereocenters. The van der Waals surface area contributed by atoms with Crippen LogP contribution in [0.2, 0.25) is 5.15 Å². The highest BCUT2D eigenvalue weighted by Crippen LogP contribution is 2.30. The van der Waals surface area contributed by atoms with Crippen LogP contribution in [0.25, 0.3) is 5.69 Å². The van der Waals surface area contributed by atoms with Crippen molar-refractivity contribution < 1.29 is 14.3 Å². The number of para-hydroxylation sites is 1. The number of rotatable bonds is 4. The molecule has 28 heavy (non-hydrogen) atoms. The first kappa shape index (κ1) is 18.1. The predicted molar refractivity (Wildman–Crippen MR) is 106 cm³/mol. The smallest absolute Gasteiger partial charge is 0.271 e. The number of hydrogen-bond acceptors (Lipinski definition) is 5. The molecule has 8 heteroatoms. The molecule has 1 aliphatic heterocycles. The number of benzene rings is 2. The van der Waals surface area contributed by atoms with E-state index in [9.17, 15) is 4.79 Å². The Kier molecular flexibility index (Phi) is 4.99. The summed E-state index contributed by atoms with van der Waals surface area (Å²) in [6.45, 7) is 2.79. The molecule has 0 fully saturated rings. The average Bonchev–Trinajstić information content (AvgIpc) is 3.02. The Bertz CT molecular complexity index is 1050. The van der Waals surface area contributed by atoms with Gasteiger partial charge in [-0.25, -0.2) is 10.1 Å². The molecule has 1 aliphatic rings. The number of fused-ring (bicyclic) bond motifs is 1. The maximum absolute atomic E-state index is 12.3. The summed E-state index contributed by atoms with van der Waals surface area (Å²) in [4.78, 5) is 12.3. The van der Waals surface area contributed by atoms with Gasteiger partial charge in [0.05, 0.1) is 23.2 Å². The molecule has 0 saturated heterocycles. The molecule has 7 nitrogen and oxygen atoms in total. The Morgan fingerprint density at radius 2 is 1.93 bits per heavy atom. The fraction of sp³-hybridized carbons (Fsp3) is 0.150. The van der Waals surface area contributed by atoms with Crippen molar-refractivity contribution in [1.29, 1.82) is 0 Å². The van der Waals surface area contributed by atoms with E-state index in [1.54, 1.807) is 22.9 Å². The molecule has 1 amide bonds. The maximum Gasteiger partial charge on any atom is 0.271 e. The van der Waals surface area contributed by atoms with E-state index in [0.29, 0.717) is 46.7 Å². The average molecular weight is 397 g/mol. The molecule has 2 heterocycles. The lowest BCUT2D eigenvalue weighted by Crippen LogP contribution is -2.19. The molecule has 3 aromatic rings. The lowest BCUT2D eigenvalue weighted by Gasteiger charge is -2.18. The van der Waals surface area contributed by atoms with Gasteiger partial charge in [0, 0.05) is 5.56 Å². The van der Waals surface area contributed by atoms with E-state index < -0.39 is 0 Å². The molecule has 0 spiro atoms. The molecule has 0 aliphatic carbocycles. The van der Waals surface area contributed by atoms with Gasteiger partial charge in [-0.15, -0.1) is 0 Å². The van der Waals surface area contributed by atoms with Crippen molar-refractivity contribution in [3.63, 3.8) is 0 Å². The van der Waals surface area contributed by atoms with Gasteiger partial charge < -0.3 is 9.47 Å². The number of hydrogen-bond donors (Lipinski definition) is 1. The summed E-state index contributed by atoms with van der Waals surface area (Å²) in [6, 6.07) is 14.5. The number of carbonyl (C=O) groups is 1. The minimum atomic E-state index is -0.363. The minimum Gasteiger partial charge on any atom is -0.486 e. The Labute approximate surface area is 166 Å². The number of hydrazone groups is 1. The van der Waals surface area contributed by atoms with Crippen LogP contribution in [0.3, 0.4) is 0 Å². The van der Waals surface area contributed by atoms with Gasteiger partial charge in [-0.1, -0.05) is 29.8 Å². The summed E-state index contributed by atoms with van der Waals surface area (Å²) in [5.41, 5.74) is 5.09. The number of ether oxygens (including phenoxy) is 2. The first-order valence-corrected chi connectivity index (χ1v) is 9.05. The Morgan fingerprint density at radius 1 is 1.18 bits per heavy atom. The van der Waals surface area contributed by atoms with Gasteiger partial charge in [0.15, 0.2) is 11.5 Å². The SMILES string of the molecule is Cc1nn(-c2ccccc2)c(Cl)c1/C=N/NC(=O)c1ccc2c(c1)OCCO2. The van der Waals surface area contributed by atoms with E-state index in [0.717, 1.165) is 5.69 Å². The van der Waals surface area contributed by atoms with Crippen LogP contribution in [-0.4, -0.2) is 35.1 Å². The quantitative estimate of drug-likeness (QED) is 0.541. The lowest BCUT2D eigenvalue weighted by atomic mass is 10.2. The fourth-order valence-electron chi connectivity index (χ4n) is 2.80. The third-order valence-corrected chi connectivity index (χ3v) is 4.58. The molecule has 1 aromatic heterocycles. The third kappa shape index (κ3) is 3.57. The van der Waals surface area contributed by atoms with E-state index >= 15 is 0 Å². The van der Waals surface area contributed by atoms with Crippen LogP contribution in [0.4, 0.5) is 0 Å². The summed E-state index contributed by atoms with van der Waals surface area (Å²) in [7, 11) is 0. The second-order valence-electron chi connectivity index (χ2n) is 6.09. The van der Waals surface area contributed by atoms with Crippen LogP contribution in [0.15, 0.2) is 53.6 Å². The van der Waals surface area contributed by atoms with Crippen LogP contribution in [0.5, 0.6) is 11.5 Å². The molecule has 0 saturated carbocycles. The van der Waals surface area contributed by atoms with Crippen LogP contribution >= 0.6 is 11.6 Å². The monoisotopic (exact) mass is 396 g/mol. The first-order chi connectivity index (χ1) is 13.6. The number of nitrogens with one attached hydrogen (secondary N) is 1. The van der Waals surface area contributed by atoms with Crippen LogP contribution in [0.1, 0.15) is 21.6 Å². The second kappa shape index (κ2) is 7.74. The Hall–Kier alpha value is -3.32. The van der Waals surface area contributed by atoms with Crippen molar-refractivity contribution in [3.8, 4) is 17.2 Å². The van der Waals surface area contributed by atoms with Crippen molar-refractivity contribution in [3.05, 3.63) is 70.5 Å². The molecule has 0 radical (unpaired) electrons. The molecule has 4 rings (SSSR count). The van der Waals surface area contributed by atoms with Gasteiger partial charge in [0.1, 0.15) is 18.4 Å². The van der Waals surface area contributed by atoms with Gasteiger partial charge in [-0.3, -0.25) is 4.79 Å². The third-order valence-electron chi connectivity index (χ3n) is 4.21. The van der Waals surface area contributed by atoms with E-state index in [2.05, 4.69) is 15.6 Å². The first-order valence-electron chi connectivity index (χ1n) is 8.67. The number of carbonyl (C=O) groups excluding carboxylic acids is 1. The topological polar surface area (TPSA) is 77.7 Å². The van der Waals surface area contributed by atoms with Crippen molar-refractivity contribution in [2.45, 2.75) is 6.92 Å². The van der Waals surface area contributed by atoms with Crippen molar-refractivity contribution in [2.75, 3.05) is 13.2 Å². The molecule has 0 atom stereocenters. The molecule has 142 valence electrons. The number of amides is 1. The Balaban J connectivity index is 1.49. The van der Waals surface area contributed by atoms with E-state index in [-0.39, 0.29) is 5.91 Å². The highest BCUT2D eigenvalue weighted by atomic mass is 35.5. The number of nitrogens with zero attached hydrogens (tertiary/aromatic N) is 3. The fourth-order valence-corrected chi connectivity index (χ4v) is 3.12. The lowest BCUT2D eigenvalue weighted by molar-refractivity contribution is 0.0954. The van der Waals surface area contributed by atoms with Gasteiger partial charge in [-0.2, -0.15) is 10.2 Å². The highest BCUT2D eigenvalue weighted by Gasteiger charge is 2.15. The van der Waals surface area contributed by atoms with Gasteiger partial charge in [0.2, 0.25) is 0 Å². The zero-order valence-corrected chi connectivity index (χ0v) is 15.8. The summed E-state index contributed by atoms with van der Waals surface area (Å²) in [5, 5.41) is 8.88. The molecule has 0 bridgehead atoms.